The van der Waals surface area contributed by atoms with Gasteiger partial charge in [0, 0.05) is 0 Å². The lowest BCUT2D eigenvalue weighted by molar-refractivity contribution is -0.897. The van der Waals surface area contributed by atoms with Crippen LogP contribution in [0.2, 0.25) is 0 Å². The van der Waals surface area contributed by atoms with E-state index in [9.17, 15) is 5.11 Å². The number of benzene rings is 2. The lowest BCUT2D eigenvalue weighted by Gasteiger charge is -2.15. The molecular weight excluding hydrogens is 380 g/mol. The van der Waals surface area contributed by atoms with E-state index in [0.29, 0.717) is 24.0 Å². The van der Waals surface area contributed by atoms with Gasteiger partial charge in [-0.3, -0.25) is 5.73 Å². The second-order valence-electron chi connectivity index (χ2n) is 7.45. The second kappa shape index (κ2) is 9.82. The highest BCUT2D eigenvalue weighted by Crippen LogP contribution is 2.30. The molecule has 7 heteroatoms. The van der Waals surface area contributed by atoms with Crippen molar-refractivity contribution in [1.82, 2.24) is 4.57 Å². The summed E-state index contributed by atoms with van der Waals surface area (Å²) in [6, 6.07) is 13.6. The molecule has 0 amide bonds. The van der Waals surface area contributed by atoms with Crippen molar-refractivity contribution in [2.45, 2.75) is 33.0 Å². The number of likely N-dealkylation sites (N-methyl/N-ethyl adjacent to an activating group) is 1. The average Bonchev–Trinajstić information content (AvgIpc) is 3.05. The number of hydrogen-bond donors (Lipinski definition) is 3. The number of para-hydroxylation sites is 2. The fourth-order valence-electron chi connectivity index (χ4n) is 3.95. The van der Waals surface area contributed by atoms with E-state index in [-0.39, 0.29) is 0 Å². The van der Waals surface area contributed by atoms with Crippen LogP contribution in [0.5, 0.6) is 11.5 Å². The first kappa shape index (κ1) is 21.9. The fraction of sp³-hybridized carbons (Fsp3) is 0.435. The Bertz CT molecular complexity index is 982. The van der Waals surface area contributed by atoms with E-state index in [2.05, 4.69) is 24.5 Å². The number of ether oxygens (including phenoxy) is 2. The van der Waals surface area contributed by atoms with Gasteiger partial charge in [-0.1, -0.05) is 18.2 Å². The summed E-state index contributed by atoms with van der Waals surface area (Å²) in [4.78, 5) is 1.53. The minimum atomic E-state index is -0.732. The smallest absolute Gasteiger partial charge is 0.356 e. The Kier molecular flexibility index (Phi) is 7.18. The number of hydrogen-bond acceptors (Lipinski definition) is 4. The van der Waals surface area contributed by atoms with Crippen LogP contribution in [0.25, 0.3) is 11.0 Å². The molecule has 7 nitrogen and oxygen atoms in total. The molecule has 30 heavy (non-hydrogen) atoms. The van der Waals surface area contributed by atoms with E-state index < -0.39 is 6.10 Å². The van der Waals surface area contributed by atoms with Gasteiger partial charge in [0.05, 0.1) is 27.3 Å². The first-order valence-corrected chi connectivity index (χ1v) is 10.5. The summed E-state index contributed by atoms with van der Waals surface area (Å²) < 4.78 is 14.8. The topological polar surface area (TPSA) is 78.0 Å². The molecule has 2 aromatic carbocycles. The molecule has 0 radical (unpaired) electrons. The van der Waals surface area contributed by atoms with E-state index >= 15 is 0 Å². The molecule has 0 aliphatic heterocycles. The summed E-state index contributed by atoms with van der Waals surface area (Å²) >= 11 is 0. The van der Waals surface area contributed by atoms with Crippen LogP contribution in [0.1, 0.15) is 25.5 Å². The highest BCUT2D eigenvalue weighted by Gasteiger charge is 2.24. The minimum absolute atomic E-state index is 0.354. The maximum Gasteiger partial charge on any atom is 0.356 e. The summed E-state index contributed by atoms with van der Waals surface area (Å²) in [6.07, 6.45) is -0.732. The van der Waals surface area contributed by atoms with Crippen molar-refractivity contribution < 1.29 is 24.0 Å². The zero-order valence-electron chi connectivity index (χ0n) is 18.4. The number of aromatic nitrogens is 2. The van der Waals surface area contributed by atoms with Gasteiger partial charge in [-0.2, -0.15) is 0 Å². The summed E-state index contributed by atoms with van der Waals surface area (Å²) in [6.45, 7) is 8.79. The summed E-state index contributed by atoms with van der Waals surface area (Å²) in [5, 5.41) is 11.0. The average molecular weight is 415 g/mol. The first-order valence-electron chi connectivity index (χ1n) is 10.5. The highest BCUT2D eigenvalue weighted by atomic mass is 16.5. The molecule has 1 unspecified atom stereocenters. The number of nitrogens with two attached hydrogens (primary N) is 1. The third-order valence-corrected chi connectivity index (χ3v) is 5.85. The first-order chi connectivity index (χ1) is 14.5. The second-order valence-corrected chi connectivity index (χ2v) is 7.45. The van der Waals surface area contributed by atoms with Crippen LogP contribution < -0.4 is 24.7 Å². The number of quaternary nitrogens is 1. The van der Waals surface area contributed by atoms with Crippen molar-refractivity contribution in [2.75, 3.05) is 39.6 Å². The molecule has 0 aliphatic rings. The fourth-order valence-corrected chi connectivity index (χ4v) is 3.95. The largest absolute Gasteiger partial charge is 0.493 e. The molecule has 0 fully saturated rings. The van der Waals surface area contributed by atoms with E-state index in [1.807, 2.05) is 41.0 Å². The van der Waals surface area contributed by atoms with E-state index in [0.717, 1.165) is 42.8 Å². The Morgan fingerprint density at radius 3 is 2.43 bits per heavy atom. The van der Waals surface area contributed by atoms with Gasteiger partial charge >= 0.3 is 5.95 Å². The number of nitrogen functional groups attached to an aromatic ring is 1. The van der Waals surface area contributed by atoms with Gasteiger partial charge in [0.25, 0.3) is 0 Å². The molecule has 1 heterocycles. The number of rotatable bonds is 10. The van der Waals surface area contributed by atoms with Gasteiger partial charge < -0.3 is 19.5 Å². The summed E-state index contributed by atoms with van der Waals surface area (Å²) in [7, 11) is 3.19. The molecule has 1 aromatic heterocycles. The Hall–Kier alpha value is -2.77. The number of methoxy groups -OCH3 is 2. The van der Waals surface area contributed by atoms with Crippen molar-refractivity contribution in [3.63, 3.8) is 0 Å². The van der Waals surface area contributed by atoms with E-state index in [1.54, 1.807) is 14.2 Å². The van der Waals surface area contributed by atoms with Crippen LogP contribution in [-0.2, 0) is 13.1 Å². The number of fused-ring (bicyclic) bond motifs is 1. The third-order valence-electron chi connectivity index (χ3n) is 5.85. The molecule has 3 rings (SSSR count). The molecule has 0 saturated carbocycles. The van der Waals surface area contributed by atoms with Crippen molar-refractivity contribution in [2.24, 2.45) is 0 Å². The van der Waals surface area contributed by atoms with Crippen molar-refractivity contribution >= 4 is 17.0 Å². The van der Waals surface area contributed by atoms with Gasteiger partial charge in [-0.15, -0.1) is 0 Å². The van der Waals surface area contributed by atoms with Gasteiger partial charge in [0.2, 0.25) is 0 Å². The number of anilines is 1. The van der Waals surface area contributed by atoms with Crippen molar-refractivity contribution in [1.29, 1.82) is 0 Å². The number of nitrogens with one attached hydrogen (secondary N) is 1. The maximum atomic E-state index is 11.0. The summed E-state index contributed by atoms with van der Waals surface area (Å²) in [5.41, 5.74) is 9.43. The maximum absolute atomic E-state index is 11.0. The van der Waals surface area contributed by atoms with Crippen LogP contribution >= 0.6 is 0 Å². The number of aliphatic hydroxyl groups is 1. The Morgan fingerprint density at radius 1 is 1.07 bits per heavy atom. The van der Waals surface area contributed by atoms with Crippen molar-refractivity contribution in [3.05, 3.63) is 48.0 Å². The van der Waals surface area contributed by atoms with Crippen molar-refractivity contribution in [3.8, 4) is 11.5 Å². The monoisotopic (exact) mass is 414 g/mol. The predicted molar refractivity (Wildman–Crippen MR) is 118 cm³/mol. The van der Waals surface area contributed by atoms with Gasteiger partial charge in [0.1, 0.15) is 36.8 Å². The Morgan fingerprint density at radius 2 is 1.77 bits per heavy atom. The zero-order valence-corrected chi connectivity index (χ0v) is 18.4. The lowest BCUT2D eigenvalue weighted by atomic mass is 10.1. The zero-order chi connectivity index (χ0) is 21.7. The highest BCUT2D eigenvalue weighted by molar-refractivity contribution is 5.73. The minimum Gasteiger partial charge on any atom is -0.493 e. The van der Waals surface area contributed by atoms with Gasteiger partial charge in [0.15, 0.2) is 11.5 Å². The molecule has 0 aliphatic carbocycles. The quantitative estimate of drug-likeness (QED) is 0.436. The molecule has 162 valence electrons. The van der Waals surface area contributed by atoms with Gasteiger partial charge in [-0.05, 0) is 43.7 Å². The normalized spacial score (nSPS) is 12.5. The standard InChI is InChI=1S/C23H32N4O3/c1-5-25(6-2)13-14-26-18-9-7-8-10-19(18)27(23(26)24)16-20(28)17-11-12-21(29-3)22(15-17)30-4/h7-12,15,20,24,28H,5-6,13-14,16H2,1-4H3/p+2. The molecular formula is C23H34N4O3+2. The summed E-state index contributed by atoms with van der Waals surface area (Å²) in [5.74, 6) is 1.88. The van der Waals surface area contributed by atoms with E-state index in [1.165, 1.54) is 4.90 Å². The Labute approximate surface area is 178 Å². The molecule has 1 atom stereocenters. The molecule has 0 saturated heterocycles. The molecule has 4 N–H and O–H groups in total. The molecule has 0 bridgehead atoms. The predicted octanol–water partition coefficient (Wildman–Crippen LogP) is 1.19. The van der Waals surface area contributed by atoms with Crippen LogP contribution in [0.15, 0.2) is 42.5 Å². The number of nitrogens with zero attached hydrogens (tertiary/aromatic N) is 2. The van der Waals surface area contributed by atoms with Crippen LogP contribution in [-0.4, -0.2) is 43.5 Å². The Balaban J connectivity index is 1.91. The van der Waals surface area contributed by atoms with Crippen LogP contribution in [0.4, 0.5) is 5.95 Å². The number of imidazole rings is 1. The third kappa shape index (κ3) is 4.37. The SMILES string of the molecule is CC[NH+](CC)CCn1c(N)[n+](CC(O)c2ccc(OC)c(OC)c2)c2ccccc21. The molecule has 3 aromatic rings. The molecule has 0 spiro atoms. The van der Waals surface area contributed by atoms with Crippen LogP contribution in [0, 0.1) is 0 Å². The lowest BCUT2D eigenvalue weighted by Crippen LogP contribution is -3.11. The van der Waals surface area contributed by atoms with Crippen LogP contribution in [0.3, 0.4) is 0 Å². The van der Waals surface area contributed by atoms with Gasteiger partial charge in [-0.25, -0.2) is 9.13 Å². The number of aliphatic hydroxyl groups excluding tert-OH is 1. The van der Waals surface area contributed by atoms with E-state index in [4.69, 9.17) is 15.2 Å².